The first-order valence-corrected chi connectivity index (χ1v) is 8.40. The van der Waals surface area contributed by atoms with E-state index in [1.165, 1.54) is 21.3 Å². The molecule has 26 heavy (non-hydrogen) atoms. The maximum absolute atomic E-state index is 13.0. The van der Waals surface area contributed by atoms with E-state index in [9.17, 15) is 4.79 Å². The minimum atomic E-state index is -0.271. The molecule has 0 spiro atoms. The molecule has 0 aliphatic rings. The Morgan fingerprint density at radius 1 is 0.962 bits per heavy atom. The molecule has 0 aliphatic heterocycles. The Bertz CT molecular complexity index is 958. The van der Waals surface area contributed by atoms with Crippen LogP contribution in [-0.2, 0) is 0 Å². The molecule has 0 saturated carbocycles. The summed E-state index contributed by atoms with van der Waals surface area (Å²) >= 11 is 3.46. The van der Waals surface area contributed by atoms with Crippen LogP contribution < -0.4 is 18.9 Å². The van der Waals surface area contributed by atoms with Gasteiger partial charge >= 0.3 is 0 Å². The zero-order chi connectivity index (χ0) is 18.8. The molecule has 1 N–H and O–H groups in total. The molecule has 0 atom stereocenters. The number of carbonyl (C=O) groups is 1. The van der Waals surface area contributed by atoms with Crippen LogP contribution in [0, 0.1) is 0 Å². The van der Waals surface area contributed by atoms with Crippen molar-refractivity contribution in [3.63, 3.8) is 0 Å². The first-order chi connectivity index (χ1) is 12.5. The number of carbonyl (C=O) groups excluding carboxylic acids is 1. The third-order valence-electron chi connectivity index (χ3n) is 4.00. The maximum atomic E-state index is 13.0. The third-order valence-corrected chi connectivity index (χ3v) is 4.79. The highest BCUT2D eigenvalue weighted by atomic mass is 79.9. The molecule has 8 heteroatoms. The molecular weight excluding hydrogens is 404 g/mol. The van der Waals surface area contributed by atoms with Crippen LogP contribution >= 0.6 is 15.9 Å². The topological polar surface area (TPSA) is 82.7 Å². The Kier molecular flexibility index (Phi) is 5.03. The quantitative estimate of drug-likeness (QED) is 0.613. The normalized spacial score (nSPS) is 10.7. The molecule has 0 saturated heterocycles. The second-order valence-corrected chi connectivity index (χ2v) is 6.11. The molecule has 0 amide bonds. The summed E-state index contributed by atoms with van der Waals surface area (Å²) in [4.78, 5) is 13.0. The lowest BCUT2D eigenvalue weighted by Crippen LogP contribution is -2.05. The molecule has 0 unspecified atom stereocenters. The molecule has 3 aromatic rings. The molecule has 1 aromatic heterocycles. The minimum Gasteiger partial charge on any atom is -0.495 e. The average molecular weight is 421 g/mol. The van der Waals surface area contributed by atoms with E-state index in [0.717, 1.165) is 0 Å². The van der Waals surface area contributed by atoms with Crippen molar-refractivity contribution in [1.29, 1.82) is 0 Å². The van der Waals surface area contributed by atoms with Crippen molar-refractivity contribution in [3.05, 3.63) is 40.0 Å². The monoisotopic (exact) mass is 420 g/mol. The van der Waals surface area contributed by atoms with Gasteiger partial charge in [0.05, 0.1) is 38.4 Å². The van der Waals surface area contributed by atoms with Gasteiger partial charge in [-0.15, -0.1) is 0 Å². The predicted molar refractivity (Wildman–Crippen MR) is 99.9 cm³/mol. The standard InChI is InChI=1S/C18H17BrN2O5/c1-23-11-6-5-10-15(14(11)19)20-21-16(10)17(22)9-7-12(24-2)18(26-4)13(8-9)25-3/h5-8H,1-4H3,(H,20,21). The largest absolute Gasteiger partial charge is 0.495 e. The number of ether oxygens (including phenoxy) is 4. The van der Waals surface area contributed by atoms with Crippen molar-refractivity contribution in [2.75, 3.05) is 28.4 Å². The van der Waals surface area contributed by atoms with Crippen molar-refractivity contribution in [3.8, 4) is 23.0 Å². The second-order valence-electron chi connectivity index (χ2n) is 5.32. The van der Waals surface area contributed by atoms with Crippen LogP contribution in [0.25, 0.3) is 10.9 Å². The number of H-pyrrole nitrogens is 1. The number of fused-ring (bicyclic) bond motifs is 1. The number of nitrogens with zero attached hydrogens (tertiary/aromatic N) is 1. The maximum Gasteiger partial charge on any atom is 0.214 e. The first kappa shape index (κ1) is 18.1. The SMILES string of the molecule is COc1cc(C(=O)c2n[nH]c3c(Br)c(OC)ccc23)cc(OC)c1OC. The zero-order valence-corrected chi connectivity index (χ0v) is 16.3. The molecule has 0 aliphatic carbocycles. The number of rotatable bonds is 6. The van der Waals surface area contributed by atoms with Crippen molar-refractivity contribution < 1.29 is 23.7 Å². The van der Waals surface area contributed by atoms with E-state index in [-0.39, 0.29) is 11.5 Å². The number of halogens is 1. The van der Waals surface area contributed by atoms with Gasteiger partial charge in [0.15, 0.2) is 11.5 Å². The Labute approximate surface area is 158 Å². The Morgan fingerprint density at radius 3 is 2.12 bits per heavy atom. The summed E-state index contributed by atoms with van der Waals surface area (Å²) < 4.78 is 21.9. The molecule has 1 heterocycles. The molecular formula is C18H17BrN2O5. The molecule has 3 rings (SSSR count). The van der Waals surface area contributed by atoms with E-state index in [1.54, 1.807) is 31.4 Å². The van der Waals surface area contributed by atoms with Gasteiger partial charge in [0.2, 0.25) is 11.5 Å². The number of aromatic nitrogens is 2. The summed E-state index contributed by atoms with van der Waals surface area (Å²) in [5.41, 5.74) is 1.35. The molecule has 2 aromatic carbocycles. The van der Waals surface area contributed by atoms with Crippen LogP contribution in [-0.4, -0.2) is 44.4 Å². The summed E-state index contributed by atoms with van der Waals surface area (Å²) in [6.07, 6.45) is 0. The number of aromatic amines is 1. The lowest BCUT2D eigenvalue weighted by Gasteiger charge is -2.13. The lowest BCUT2D eigenvalue weighted by atomic mass is 10.0. The number of hydrogen-bond donors (Lipinski definition) is 1. The van der Waals surface area contributed by atoms with Crippen molar-refractivity contribution in [1.82, 2.24) is 10.2 Å². The van der Waals surface area contributed by atoms with Crippen LogP contribution in [0.1, 0.15) is 16.1 Å². The molecule has 0 radical (unpaired) electrons. The summed E-state index contributed by atoms with van der Waals surface area (Å²) in [5.74, 6) is 1.60. The fourth-order valence-electron chi connectivity index (χ4n) is 2.72. The van der Waals surface area contributed by atoms with Crippen molar-refractivity contribution >= 4 is 32.6 Å². The highest BCUT2D eigenvalue weighted by Gasteiger charge is 2.22. The summed E-state index contributed by atoms with van der Waals surface area (Å²) in [5, 5.41) is 7.74. The van der Waals surface area contributed by atoms with E-state index in [4.69, 9.17) is 18.9 Å². The summed E-state index contributed by atoms with van der Waals surface area (Å²) in [7, 11) is 6.08. The van der Waals surface area contributed by atoms with Gasteiger partial charge in [-0.05, 0) is 40.2 Å². The van der Waals surface area contributed by atoms with Crippen LogP contribution in [0.15, 0.2) is 28.7 Å². The predicted octanol–water partition coefficient (Wildman–Crippen LogP) is 3.59. The van der Waals surface area contributed by atoms with E-state index in [2.05, 4.69) is 26.1 Å². The van der Waals surface area contributed by atoms with Gasteiger partial charge in [0, 0.05) is 10.9 Å². The minimum absolute atomic E-state index is 0.271. The fourth-order valence-corrected chi connectivity index (χ4v) is 3.31. The van der Waals surface area contributed by atoms with E-state index in [0.29, 0.717) is 43.9 Å². The third kappa shape index (κ3) is 2.86. The second kappa shape index (κ2) is 7.25. The van der Waals surface area contributed by atoms with Gasteiger partial charge < -0.3 is 18.9 Å². The number of hydrogen-bond acceptors (Lipinski definition) is 6. The highest BCUT2D eigenvalue weighted by Crippen LogP contribution is 2.39. The number of nitrogens with one attached hydrogen (secondary N) is 1. The molecule has 0 bridgehead atoms. The summed E-state index contributed by atoms with van der Waals surface area (Å²) in [6.45, 7) is 0. The smallest absolute Gasteiger partial charge is 0.214 e. The Morgan fingerprint density at radius 2 is 1.58 bits per heavy atom. The average Bonchev–Trinajstić information content (AvgIpc) is 3.11. The Hall–Kier alpha value is -2.74. The van der Waals surface area contributed by atoms with Gasteiger partial charge in [-0.25, -0.2) is 0 Å². The molecule has 7 nitrogen and oxygen atoms in total. The van der Waals surface area contributed by atoms with Gasteiger partial charge in [-0.3, -0.25) is 9.89 Å². The molecule has 136 valence electrons. The van der Waals surface area contributed by atoms with Crippen LogP contribution in [0.4, 0.5) is 0 Å². The number of ketones is 1. The lowest BCUT2D eigenvalue weighted by molar-refractivity contribution is 0.103. The van der Waals surface area contributed by atoms with Crippen molar-refractivity contribution in [2.24, 2.45) is 0 Å². The van der Waals surface area contributed by atoms with Crippen molar-refractivity contribution in [2.45, 2.75) is 0 Å². The molecule has 0 fully saturated rings. The zero-order valence-electron chi connectivity index (χ0n) is 14.7. The van der Waals surface area contributed by atoms with Gasteiger partial charge in [-0.1, -0.05) is 0 Å². The van der Waals surface area contributed by atoms with Crippen LogP contribution in [0.3, 0.4) is 0 Å². The first-order valence-electron chi connectivity index (χ1n) is 7.61. The van der Waals surface area contributed by atoms with E-state index < -0.39 is 0 Å². The van der Waals surface area contributed by atoms with Crippen LogP contribution in [0.2, 0.25) is 0 Å². The fraction of sp³-hybridized carbons (Fsp3) is 0.222. The van der Waals surface area contributed by atoms with Gasteiger partial charge in [0.1, 0.15) is 11.4 Å². The van der Waals surface area contributed by atoms with E-state index >= 15 is 0 Å². The van der Waals surface area contributed by atoms with Crippen LogP contribution in [0.5, 0.6) is 23.0 Å². The van der Waals surface area contributed by atoms with Gasteiger partial charge in [-0.2, -0.15) is 5.10 Å². The highest BCUT2D eigenvalue weighted by molar-refractivity contribution is 9.10. The van der Waals surface area contributed by atoms with E-state index in [1.807, 2.05) is 0 Å². The number of methoxy groups -OCH3 is 4. The number of benzene rings is 2. The van der Waals surface area contributed by atoms with Gasteiger partial charge in [0.25, 0.3) is 0 Å². The summed E-state index contributed by atoms with van der Waals surface area (Å²) in [6, 6.07) is 6.76. The Balaban J connectivity index is 2.13.